The molecule has 4 heteroatoms. The van der Waals surface area contributed by atoms with E-state index in [1.807, 2.05) is 6.26 Å². The zero-order valence-corrected chi connectivity index (χ0v) is 12.3. The molecule has 0 aliphatic rings. The number of hydrogen-bond donors (Lipinski definition) is 0. The summed E-state index contributed by atoms with van der Waals surface area (Å²) >= 11 is 6.48. The monoisotopic (exact) mass is 262 g/mol. The summed E-state index contributed by atoms with van der Waals surface area (Å²) in [6.07, 6.45) is 5.95. The smallest absolute Gasteiger partial charge is 0.285 e. The average molecular weight is 262 g/mol. The van der Waals surface area contributed by atoms with Crippen molar-refractivity contribution in [3.8, 4) is 0 Å². The van der Waals surface area contributed by atoms with Crippen LogP contribution in [-0.2, 0) is 9.47 Å². The Bertz CT molecular complexity index is 231. The molecule has 0 unspecified atom stereocenters. The van der Waals surface area contributed by atoms with Gasteiger partial charge in [-0.05, 0) is 37.7 Å². The van der Waals surface area contributed by atoms with E-state index in [0.717, 1.165) is 25.7 Å². The lowest BCUT2D eigenvalue weighted by atomic mass is 10.2. The van der Waals surface area contributed by atoms with Gasteiger partial charge in [0.25, 0.3) is 5.95 Å². The summed E-state index contributed by atoms with van der Waals surface area (Å²) in [5, 5.41) is 0. The first-order chi connectivity index (χ1) is 7.69. The van der Waals surface area contributed by atoms with Crippen molar-refractivity contribution in [3.05, 3.63) is 11.5 Å². The minimum atomic E-state index is 0.519. The van der Waals surface area contributed by atoms with Gasteiger partial charge in [-0.1, -0.05) is 39.0 Å². The normalized spacial score (nSPS) is 9.75. The van der Waals surface area contributed by atoms with Gasteiger partial charge in [-0.3, -0.25) is 0 Å². The van der Waals surface area contributed by atoms with Gasteiger partial charge in [0.2, 0.25) is 4.38 Å². The molecule has 0 saturated carbocycles. The molecule has 0 heterocycles. The third-order valence-corrected chi connectivity index (χ3v) is 3.22. The molecule has 16 heavy (non-hydrogen) atoms. The first-order valence-electron chi connectivity index (χ1n) is 5.80. The molecule has 0 aliphatic heterocycles. The van der Waals surface area contributed by atoms with E-state index in [0.29, 0.717) is 16.9 Å². The molecule has 0 bridgehead atoms. The van der Waals surface area contributed by atoms with Crippen molar-refractivity contribution < 1.29 is 9.47 Å². The number of hydrogen-bond acceptors (Lipinski definition) is 4. The maximum Gasteiger partial charge on any atom is 0.285 e. The van der Waals surface area contributed by atoms with Gasteiger partial charge >= 0.3 is 0 Å². The van der Waals surface area contributed by atoms with Crippen LogP contribution in [0.15, 0.2) is 11.5 Å². The van der Waals surface area contributed by atoms with Crippen molar-refractivity contribution in [2.45, 2.75) is 46.5 Å². The van der Waals surface area contributed by atoms with Crippen molar-refractivity contribution in [2.24, 2.45) is 0 Å². The van der Waals surface area contributed by atoms with Crippen molar-refractivity contribution in [1.82, 2.24) is 0 Å². The first kappa shape index (κ1) is 15.8. The lowest BCUT2D eigenvalue weighted by Gasteiger charge is -2.14. The van der Waals surface area contributed by atoms with Crippen LogP contribution in [0.1, 0.15) is 46.5 Å². The van der Waals surface area contributed by atoms with E-state index in [4.69, 9.17) is 21.7 Å². The highest BCUT2D eigenvalue weighted by atomic mass is 32.2. The summed E-state index contributed by atoms with van der Waals surface area (Å²) in [6.45, 7) is 7.05. The van der Waals surface area contributed by atoms with Crippen LogP contribution >= 0.6 is 24.0 Å². The molecular weight excluding hydrogens is 240 g/mol. The summed E-state index contributed by atoms with van der Waals surface area (Å²) in [6, 6.07) is 0. The van der Waals surface area contributed by atoms with E-state index in [-0.39, 0.29) is 0 Å². The molecule has 0 saturated heterocycles. The van der Waals surface area contributed by atoms with Crippen LogP contribution in [-0.4, -0.2) is 17.2 Å². The van der Waals surface area contributed by atoms with Gasteiger partial charge in [0.1, 0.15) is 0 Å². The van der Waals surface area contributed by atoms with Crippen molar-refractivity contribution in [2.75, 3.05) is 12.9 Å². The van der Waals surface area contributed by atoms with Crippen LogP contribution in [0.4, 0.5) is 0 Å². The second-order valence-electron chi connectivity index (χ2n) is 3.36. The third kappa shape index (κ3) is 6.38. The van der Waals surface area contributed by atoms with E-state index >= 15 is 0 Å². The number of ether oxygens (including phenoxy) is 2. The van der Waals surface area contributed by atoms with Gasteiger partial charge in [0, 0.05) is 5.57 Å². The maximum absolute atomic E-state index is 5.66. The summed E-state index contributed by atoms with van der Waals surface area (Å²) in [4.78, 5) is 0. The molecule has 0 spiro atoms. The van der Waals surface area contributed by atoms with Crippen LogP contribution in [0.2, 0.25) is 0 Å². The Morgan fingerprint density at radius 1 is 1.19 bits per heavy atom. The van der Waals surface area contributed by atoms with E-state index in [9.17, 15) is 0 Å². The Hall–Kier alpha value is -0.220. The molecule has 0 amide bonds. The SMILES string of the molecule is CCCCOC(OC(=S)SC)=C(CC)CC. The van der Waals surface area contributed by atoms with Gasteiger partial charge in [-0.2, -0.15) is 0 Å². The fourth-order valence-electron chi connectivity index (χ4n) is 1.17. The Balaban J connectivity index is 4.48. The summed E-state index contributed by atoms with van der Waals surface area (Å²) in [5.41, 5.74) is 1.19. The molecular formula is C12H22O2S2. The van der Waals surface area contributed by atoms with Crippen LogP contribution in [0.5, 0.6) is 0 Å². The fraction of sp³-hybridized carbons (Fsp3) is 0.750. The highest BCUT2D eigenvalue weighted by molar-refractivity contribution is 8.22. The van der Waals surface area contributed by atoms with Crippen molar-refractivity contribution in [3.63, 3.8) is 0 Å². The average Bonchev–Trinajstić information content (AvgIpc) is 2.30. The molecule has 0 N–H and O–H groups in total. The molecule has 0 radical (unpaired) electrons. The predicted molar refractivity (Wildman–Crippen MR) is 75.7 cm³/mol. The van der Waals surface area contributed by atoms with Crippen LogP contribution in [0, 0.1) is 0 Å². The van der Waals surface area contributed by atoms with E-state index in [1.54, 1.807) is 0 Å². The molecule has 0 aromatic heterocycles. The topological polar surface area (TPSA) is 18.5 Å². The Morgan fingerprint density at radius 2 is 1.81 bits per heavy atom. The number of unbranched alkanes of at least 4 members (excludes halogenated alkanes) is 1. The molecule has 0 fully saturated rings. The Morgan fingerprint density at radius 3 is 2.25 bits per heavy atom. The largest absolute Gasteiger partial charge is 0.465 e. The zero-order valence-electron chi connectivity index (χ0n) is 10.7. The minimum absolute atomic E-state index is 0.519. The fourth-order valence-corrected chi connectivity index (χ4v) is 1.40. The highest BCUT2D eigenvalue weighted by Crippen LogP contribution is 2.18. The van der Waals surface area contributed by atoms with Gasteiger partial charge in [0.05, 0.1) is 6.61 Å². The standard InChI is InChI=1S/C12H22O2S2/c1-5-8-9-13-11(10(6-2)7-3)14-12(15)16-4/h5-9H2,1-4H3. The van der Waals surface area contributed by atoms with E-state index < -0.39 is 0 Å². The predicted octanol–water partition coefficient (Wildman–Crippen LogP) is 4.50. The van der Waals surface area contributed by atoms with Gasteiger partial charge in [0.15, 0.2) is 0 Å². The second-order valence-corrected chi connectivity index (χ2v) is 4.76. The number of thiocarbonyl (C=S) groups is 1. The van der Waals surface area contributed by atoms with Gasteiger partial charge in [-0.25, -0.2) is 0 Å². The number of rotatable bonds is 7. The van der Waals surface area contributed by atoms with Crippen LogP contribution < -0.4 is 0 Å². The third-order valence-electron chi connectivity index (χ3n) is 2.22. The molecule has 94 valence electrons. The van der Waals surface area contributed by atoms with Crippen LogP contribution in [0.25, 0.3) is 0 Å². The Labute approximate surface area is 109 Å². The number of thioether (sulfide) groups is 1. The molecule has 0 rings (SSSR count). The van der Waals surface area contributed by atoms with Crippen molar-refractivity contribution >= 4 is 28.4 Å². The van der Waals surface area contributed by atoms with Crippen LogP contribution in [0.3, 0.4) is 0 Å². The molecule has 0 atom stereocenters. The summed E-state index contributed by atoms with van der Waals surface area (Å²) < 4.78 is 11.7. The van der Waals surface area contributed by atoms with E-state index in [2.05, 4.69) is 20.8 Å². The zero-order chi connectivity index (χ0) is 12.4. The first-order valence-corrected chi connectivity index (χ1v) is 7.43. The summed E-state index contributed by atoms with van der Waals surface area (Å²) in [7, 11) is 0. The van der Waals surface area contributed by atoms with Gasteiger partial charge < -0.3 is 9.47 Å². The molecule has 2 nitrogen and oxygen atoms in total. The molecule has 0 aromatic rings. The highest BCUT2D eigenvalue weighted by Gasteiger charge is 2.09. The number of allylic oxidation sites excluding steroid dienone is 1. The Kier molecular flexibility index (Phi) is 9.83. The van der Waals surface area contributed by atoms with Crippen molar-refractivity contribution in [1.29, 1.82) is 0 Å². The second kappa shape index (κ2) is 9.97. The van der Waals surface area contributed by atoms with Gasteiger partial charge in [-0.15, -0.1) is 0 Å². The summed E-state index contributed by atoms with van der Waals surface area (Å²) in [5.74, 6) is 0.623. The lowest BCUT2D eigenvalue weighted by molar-refractivity contribution is 0.0968. The lowest BCUT2D eigenvalue weighted by Crippen LogP contribution is -2.06. The maximum atomic E-state index is 5.66. The van der Waals surface area contributed by atoms with E-state index in [1.165, 1.54) is 17.3 Å². The minimum Gasteiger partial charge on any atom is -0.465 e. The quantitative estimate of drug-likeness (QED) is 0.382. The molecule has 0 aromatic carbocycles. The molecule has 0 aliphatic carbocycles.